The van der Waals surface area contributed by atoms with Crippen molar-refractivity contribution in [1.29, 1.82) is 0 Å². The second kappa shape index (κ2) is 4.77. The summed E-state index contributed by atoms with van der Waals surface area (Å²) >= 11 is 0. The van der Waals surface area contributed by atoms with Crippen LogP contribution in [0.3, 0.4) is 0 Å². The molecular weight excluding hydrogens is 197 g/mol. The van der Waals surface area contributed by atoms with Gasteiger partial charge in [0.1, 0.15) is 11.4 Å². The number of hydrogen-bond acceptors (Lipinski definition) is 3. The Bertz CT molecular complexity index is 377. The number of benzene rings is 1. The van der Waals surface area contributed by atoms with Crippen molar-refractivity contribution in [1.82, 2.24) is 0 Å². The van der Waals surface area contributed by atoms with E-state index in [1.54, 1.807) is 6.92 Å². The van der Waals surface area contributed by atoms with E-state index in [1.807, 2.05) is 6.92 Å². The molecule has 0 bridgehead atoms. The minimum absolute atomic E-state index is 0.149. The van der Waals surface area contributed by atoms with Crippen molar-refractivity contribution in [3.8, 4) is 0 Å². The third-order valence-electron chi connectivity index (χ3n) is 2.05. The zero-order valence-electron chi connectivity index (χ0n) is 8.84. The highest BCUT2D eigenvalue weighted by Gasteiger charge is 2.17. The first kappa shape index (κ1) is 11.5. The first-order valence-electron chi connectivity index (χ1n) is 4.79. The lowest BCUT2D eigenvalue weighted by Gasteiger charge is -2.08. The van der Waals surface area contributed by atoms with E-state index < -0.39 is 11.8 Å². The number of carbonyl (C=O) groups excluding carboxylic acids is 1. The molecule has 82 valence electrons. The number of nitrogen functional groups attached to an aromatic ring is 1. The van der Waals surface area contributed by atoms with Crippen LogP contribution < -0.4 is 5.73 Å². The van der Waals surface area contributed by atoms with Crippen LogP contribution in [0.25, 0.3) is 0 Å². The van der Waals surface area contributed by atoms with Crippen molar-refractivity contribution in [2.45, 2.75) is 20.3 Å². The van der Waals surface area contributed by atoms with Gasteiger partial charge in [-0.25, -0.2) is 9.18 Å². The monoisotopic (exact) mass is 211 g/mol. The summed E-state index contributed by atoms with van der Waals surface area (Å²) in [5.74, 6) is -1.34. The number of rotatable bonds is 3. The number of carbonyl (C=O) groups is 1. The van der Waals surface area contributed by atoms with Crippen LogP contribution in [0, 0.1) is 12.7 Å². The average molecular weight is 211 g/mol. The van der Waals surface area contributed by atoms with Crippen LogP contribution in [-0.2, 0) is 4.74 Å². The molecule has 1 rings (SSSR count). The van der Waals surface area contributed by atoms with Gasteiger partial charge >= 0.3 is 5.97 Å². The topological polar surface area (TPSA) is 52.3 Å². The lowest BCUT2D eigenvalue weighted by atomic mass is 10.1. The van der Waals surface area contributed by atoms with Gasteiger partial charge in [-0.1, -0.05) is 13.0 Å². The maximum Gasteiger partial charge on any atom is 0.343 e. The normalized spacial score (nSPS) is 10.1. The van der Waals surface area contributed by atoms with E-state index >= 15 is 0 Å². The van der Waals surface area contributed by atoms with Crippen molar-refractivity contribution in [3.05, 3.63) is 29.1 Å². The molecule has 2 N–H and O–H groups in total. The Kier molecular flexibility index (Phi) is 3.66. The molecule has 0 spiro atoms. The first-order chi connectivity index (χ1) is 7.07. The van der Waals surface area contributed by atoms with Gasteiger partial charge in [-0.2, -0.15) is 0 Å². The molecule has 1 aromatic rings. The van der Waals surface area contributed by atoms with E-state index in [2.05, 4.69) is 0 Å². The second-order valence-corrected chi connectivity index (χ2v) is 3.29. The van der Waals surface area contributed by atoms with Gasteiger partial charge in [0.15, 0.2) is 0 Å². The summed E-state index contributed by atoms with van der Waals surface area (Å²) < 4.78 is 18.2. The second-order valence-electron chi connectivity index (χ2n) is 3.29. The van der Waals surface area contributed by atoms with Crippen LogP contribution in [-0.4, -0.2) is 12.6 Å². The van der Waals surface area contributed by atoms with Crippen LogP contribution in [0.1, 0.15) is 29.3 Å². The van der Waals surface area contributed by atoms with Crippen molar-refractivity contribution in [2.75, 3.05) is 12.3 Å². The Morgan fingerprint density at radius 1 is 1.53 bits per heavy atom. The number of aryl methyl sites for hydroxylation is 1. The smallest absolute Gasteiger partial charge is 0.343 e. The summed E-state index contributed by atoms with van der Waals surface area (Å²) in [6.07, 6.45) is 0.694. The van der Waals surface area contributed by atoms with Gasteiger partial charge < -0.3 is 10.5 Å². The lowest BCUT2D eigenvalue weighted by molar-refractivity contribution is 0.0501. The van der Waals surface area contributed by atoms with Gasteiger partial charge in [0, 0.05) is 0 Å². The predicted molar refractivity (Wildman–Crippen MR) is 56.1 cm³/mol. The summed E-state index contributed by atoms with van der Waals surface area (Å²) in [6, 6.07) is 2.75. The summed E-state index contributed by atoms with van der Waals surface area (Å²) in [5, 5.41) is 0. The quantitative estimate of drug-likeness (QED) is 0.616. The summed E-state index contributed by atoms with van der Waals surface area (Å²) in [4.78, 5) is 11.5. The summed E-state index contributed by atoms with van der Waals surface area (Å²) in [6.45, 7) is 3.85. The molecule has 15 heavy (non-hydrogen) atoms. The van der Waals surface area contributed by atoms with Gasteiger partial charge in [-0.05, 0) is 25.0 Å². The van der Waals surface area contributed by atoms with Crippen molar-refractivity contribution < 1.29 is 13.9 Å². The molecule has 0 aliphatic rings. The number of ether oxygens (including phenoxy) is 1. The van der Waals surface area contributed by atoms with Crippen LogP contribution in [0.5, 0.6) is 0 Å². The highest BCUT2D eigenvalue weighted by atomic mass is 19.1. The molecule has 0 radical (unpaired) electrons. The van der Waals surface area contributed by atoms with Gasteiger partial charge in [0.05, 0.1) is 12.3 Å². The Morgan fingerprint density at radius 2 is 2.20 bits per heavy atom. The number of hydrogen-bond donors (Lipinski definition) is 1. The van der Waals surface area contributed by atoms with E-state index in [0.29, 0.717) is 12.0 Å². The molecular formula is C11H14FNO2. The van der Waals surface area contributed by atoms with Crippen molar-refractivity contribution in [3.63, 3.8) is 0 Å². The molecule has 0 aliphatic heterocycles. The van der Waals surface area contributed by atoms with Crippen LogP contribution in [0.4, 0.5) is 10.1 Å². The van der Waals surface area contributed by atoms with Crippen molar-refractivity contribution in [2.24, 2.45) is 0 Å². The lowest BCUT2D eigenvalue weighted by Crippen LogP contribution is -2.12. The van der Waals surface area contributed by atoms with Crippen molar-refractivity contribution >= 4 is 11.7 Å². The standard InChI is InChI=1S/C11H14FNO2/c1-3-6-15-11(14)9-8(12)5-4-7(2)10(9)13/h4-5H,3,6,13H2,1-2H3. The Hall–Kier alpha value is -1.58. The van der Waals surface area contributed by atoms with E-state index in [1.165, 1.54) is 12.1 Å². The number of nitrogens with two attached hydrogens (primary N) is 1. The van der Waals surface area contributed by atoms with E-state index in [-0.39, 0.29) is 17.9 Å². The zero-order valence-corrected chi connectivity index (χ0v) is 8.84. The van der Waals surface area contributed by atoms with Gasteiger partial charge in [0.2, 0.25) is 0 Å². The Labute approximate surface area is 88.0 Å². The van der Waals surface area contributed by atoms with E-state index in [4.69, 9.17) is 10.5 Å². The predicted octanol–water partition coefficient (Wildman–Crippen LogP) is 2.28. The maximum absolute atomic E-state index is 13.3. The molecule has 0 aliphatic carbocycles. The number of esters is 1. The Morgan fingerprint density at radius 3 is 2.80 bits per heavy atom. The third-order valence-corrected chi connectivity index (χ3v) is 2.05. The SMILES string of the molecule is CCCOC(=O)c1c(F)ccc(C)c1N. The summed E-state index contributed by atoms with van der Waals surface area (Å²) in [5.41, 5.74) is 6.27. The molecule has 0 amide bonds. The fourth-order valence-corrected chi connectivity index (χ4v) is 1.17. The van der Waals surface area contributed by atoms with E-state index in [0.717, 1.165) is 0 Å². The molecule has 0 unspecified atom stereocenters. The van der Waals surface area contributed by atoms with Gasteiger partial charge in [0.25, 0.3) is 0 Å². The van der Waals surface area contributed by atoms with E-state index in [9.17, 15) is 9.18 Å². The molecule has 1 aromatic carbocycles. The average Bonchev–Trinajstić information content (AvgIpc) is 2.21. The molecule has 3 nitrogen and oxygen atoms in total. The Balaban J connectivity index is 3.02. The first-order valence-corrected chi connectivity index (χ1v) is 4.79. The third kappa shape index (κ3) is 2.46. The molecule has 0 atom stereocenters. The number of anilines is 1. The highest BCUT2D eigenvalue weighted by Crippen LogP contribution is 2.21. The fraction of sp³-hybridized carbons (Fsp3) is 0.364. The molecule has 0 saturated carbocycles. The minimum Gasteiger partial charge on any atom is -0.462 e. The molecule has 0 heterocycles. The fourth-order valence-electron chi connectivity index (χ4n) is 1.17. The molecule has 4 heteroatoms. The molecule has 0 saturated heterocycles. The van der Waals surface area contributed by atoms with Gasteiger partial charge in [-0.15, -0.1) is 0 Å². The van der Waals surface area contributed by atoms with Gasteiger partial charge in [-0.3, -0.25) is 0 Å². The van der Waals surface area contributed by atoms with Crippen LogP contribution in [0.2, 0.25) is 0 Å². The summed E-state index contributed by atoms with van der Waals surface area (Å²) in [7, 11) is 0. The maximum atomic E-state index is 13.3. The minimum atomic E-state index is -0.699. The van der Waals surface area contributed by atoms with Crippen LogP contribution >= 0.6 is 0 Å². The largest absolute Gasteiger partial charge is 0.462 e. The molecule has 0 fully saturated rings. The molecule has 0 aromatic heterocycles. The zero-order chi connectivity index (χ0) is 11.4. The number of halogens is 1. The van der Waals surface area contributed by atoms with Crippen LogP contribution in [0.15, 0.2) is 12.1 Å². The highest BCUT2D eigenvalue weighted by molar-refractivity contribution is 5.96.